The van der Waals surface area contributed by atoms with Gasteiger partial charge in [0.2, 0.25) is 13.6 Å². The molecule has 3 nitrogen and oxygen atoms in total. The van der Waals surface area contributed by atoms with E-state index in [0.29, 0.717) is 23.2 Å². The summed E-state index contributed by atoms with van der Waals surface area (Å²) in [5.41, 5.74) is 2.61. The Morgan fingerprint density at radius 2 is 1.38 bits per heavy atom. The quantitative estimate of drug-likeness (QED) is 0.255. The zero-order valence-corrected chi connectivity index (χ0v) is 21.5. The van der Waals surface area contributed by atoms with E-state index in [1.807, 2.05) is 37.3 Å². The van der Waals surface area contributed by atoms with Gasteiger partial charge in [-0.3, -0.25) is 4.79 Å². The summed E-state index contributed by atoms with van der Waals surface area (Å²) < 4.78 is 13.2. The average molecular weight is 441 g/mol. The maximum atomic E-state index is 12.0. The molecule has 5 heteroatoms. The summed E-state index contributed by atoms with van der Waals surface area (Å²) in [7, 11) is -2.02. The molecule has 0 fully saturated rings. The van der Waals surface area contributed by atoms with E-state index in [0.717, 1.165) is 5.56 Å². The molecule has 0 unspecified atom stereocenters. The largest absolute Gasteiger partial charge is 0.413 e. The Bertz CT molecular complexity index is 596. The first-order valence-electron chi connectivity index (χ1n) is 11.0. The second-order valence-electron chi connectivity index (χ2n) is 9.35. The zero-order chi connectivity index (χ0) is 22.4. The number of rotatable bonds is 12. The van der Waals surface area contributed by atoms with Gasteiger partial charge in [-0.15, -0.1) is 0 Å². The minimum absolute atomic E-state index is 0.0203. The highest BCUT2D eigenvalue weighted by Gasteiger charge is 2.47. The number of ether oxygens (including phenoxy) is 1. The Labute approximate surface area is 184 Å². The standard InChI is InChI=1S/C24H41ClO3Si/c1-16(2)29(17(3)4,18(5)6)28-21(9)19(7)23(20(8)24(25)26)27-15-22-13-11-10-12-14-22/h10-14,16-21,23H,15H2,1-9H3/t19-,20+,21+,23-/m0/s1. The first-order chi connectivity index (χ1) is 13.4. The summed E-state index contributed by atoms with van der Waals surface area (Å²) in [6.45, 7) is 20.3. The molecule has 0 bridgehead atoms. The first-order valence-corrected chi connectivity index (χ1v) is 13.5. The highest BCUT2D eigenvalue weighted by Crippen LogP contribution is 2.44. The van der Waals surface area contributed by atoms with E-state index in [1.54, 1.807) is 0 Å². The maximum absolute atomic E-state index is 12.0. The third kappa shape index (κ3) is 6.65. The molecule has 0 heterocycles. The lowest BCUT2D eigenvalue weighted by molar-refractivity contribution is -0.124. The van der Waals surface area contributed by atoms with Crippen molar-refractivity contribution in [1.82, 2.24) is 0 Å². The van der Waals surface area contributed by atoms with Crippen LogP contribution in [-0.2, 0) is 20.6 Å². The van der Waals surface area contributed by atoms with Gasteiger partial charge in [0.25, 0.3) is 0 Å². The molecule has 166 valence electrons. The Hall–Kier alpha value is -0.683. The molecular formula is C24H41ClO3Si. The van der Waals surface area contributed by atoms with Crippen LogP contribution in [0.5, 0.6) is 0 Å². The van der Waals surface area contributed by atoms with Gasteiger partial charge in [-0.05, 0) is 40.7 Å². The van der Waals surface area contributed by atoms with Crippen LogP contribution < -0.4 is 0 Å². The third-order valence-electron chi connectivity index (χ3n) is 6.49. The molecule has 4 atom stereocenters. The van der Waals surface area contributed by atoms with Gasteiger partial charge in [-0.2, -0.15) is 0 Å². The second kappa shape index (κ2) is 11.6. The Balaban J connectivity index is 3.06. The predicted octanol–water partition coefficient (Wildman–Crippen LogP) is 7.19. The van der Waals surface area contributed by atoms with Gasteiger partial charge in [-0.25, -0.2) is 0 Å². The summed E-state index contributed by atoms with van der Waals surface area (Å²) in [6.07, 6.45) is -0.318. The average Bonchev–Trinajstić information content (AvgIpc) is 2.65. The van der Waals surface area contributed by atoms with Crippen molar-refractivity contribution in [3.05, 3.63) is 35.9 Å². The van der Waals surface area contributed by atoms with Crippen LogP contribution in [0.1, 0.15) is 67.9 Å². The fourth-order valence-electron chi connectivity index (χ4n) is 4.75. The maximum Gasteiger partial charge on any atom is 0.227 e. The van der Waals surface area contributed by atoms with Crippen LogP contribution in [-0.4, -0.2) is 25.8 Å². The van der Waals surface area contributed by atoms with E-state index in [1.165, 1.54) is 0 Å². The zero-order valence-electron chi connectivity index (χ0n) is 19.7. The number of carbonyl (C=O) groups excluding carboxylic acids is 1. The molecule has 0 spiro atoms. The van der Waals surface area contributed by atoms with Crippen molar-refractivity contribution in [1.29, 1.82) is 0 Å². The summed E-state index contributed by atoms with van der Waals surface area (Å²) in [6, 6.07) is 10.0. The van der Waals surface area contributed by atoms with Crippen LogP contribution >= 0.6 is 11.6 Å². The van der Waals surface area contributed by atoms with Crippen molar-refractivity contribution in [2.24, 2.45) is 11.8 Å². The molecule has 1 aromatic carbocycles. The monoisotopic (exact) mass is 440 g/mol. The molecule has 0 aliphatic rings. The summed E-state index contributed by atoms with van der Waals surface area (Å²) in [4.78, 5) is 12.0. The summed E-state index contributed by atoms with van der Waals surface area (Å²) in [5, 5.41) is -0.359. The topological polar surface area (TPSA) is 35.5 Å². The summed E-state index contributed by atoms with van der Waals surface area (Å²) >= 11 is 5.89. The van der Waals surface area contributed by atoms with Crippen LogP contribution in [0, 0.1) is 11.8 Å². The SMILES string of the molecule is CC(C)[Si](O[C@H](C)[C@H](C)[C@H](OCc1ccccc1)[C@@H](C)C(=O)Cl)(C(C)C)C(C)C. The van der Waals surface area contributed by atoms with Gasteiger partial charge in [0.15, 0.2) is 0 Å². The normalized spacial score (nSPS) is 16.9. The lowest BCUT2D eigenvalue weighted by atomic mass is 9.90. The Morgan fingerprint density at radius 1 is 0.897 bits per heavy atom. The number of halogens is 1. The van der Waals surface area contributed by atoms with Crippen LogP contribution in [0.4, 0.5) is 0 Å². The van der Waals surface area contributed by atoms with Crippen LogP contribution in [0.15, 0.2) is 30.3 Å². The van der Waals surface area contributed by atoms with Crippen LogP contribution in [0.3, 0.4) is 0 Å². The van der Waals surface area contributed by atoms with Crippen molar-refractivity contribution in [2.75, 3.05) is 0 Å². The van der Waals surface area contributed by atoms with E-state index in [4.69, 9.17) is 20.8 Å². The molecule has 0 aliphatic heterocycles. The number of hydrogen-bond acceptors (Lipinski definition) is 3. The van der Waals surface area contributed by atoms with E-state index >= 15 is 0 Å². The van der Waals surface area contributed by atoms with Gasteiger partial charge in [-0.1, -0.05) is 85.7 Å². The molecular weight excluding hydrogens is 400 g/mol. The lowest BCUT2D eigenvalue weighted by Gasteiger charge is -2.46. The molecule has 0 aromatic heterocycles. The van der Waals surface area contributed by atoms with Gasteiger partial charge in [0.05, 0.1) is 18.6 Å². The fraction of sp³-hybridized carbons (Fsp3) is 0.708. The van der Waals surface area contributed by atoms with Crippen molar-refractivity contribution in [2.45, 2.75) is 97.8 Å². The van der Waals surface area contributed by atoms with Crippen LogP contribution in [0.25, 0.3) is 0 Å². The summed E-state index contributed by atoms with van der Waals surface area (Å²) in [5.74, 6) is -0.353. The molecule has 0 saturated carbocycles. The second-order valence-corrected chi connectivity index (χ2v) is 15.1. The molecule has 1 rings (SSSR count). The number of benzene rings is 1. The Morgan fingerprint density at radius 3 is 1.79 bits per heavy atom. The highest BCUT2D eigenvalue weighted by molar-refractivity contribution is 6.77. The minimum Gasteiger partial charge on any atom is -0.413 e. The van der Waals surface area contributed by atoms with Crippen LogP contribution in [0.2, 0.25) is 16.6 Å². The number of carbonyl (C=O) groups is 1. The minimum atomic E-state index is -2.02. The fourth-order valence-corrected chi connectivity index (χ4v) is 10.6. The first kappa shape index (κ1) is 26.4. The molecule has 0 N–H and O–H groups in total. The smallest absolute Gasteiger partial charge is 0.227 e. The molecule has 1 aromatic rings. The predicted molar refractivity (Wildman–Crippen MR) is 126 cm³/mol. The van der Waals surface area contributed by atoms with E-state index in [9.17, 15) is 4.79 Å². The molecule has 0 radical (unpaired) electrons. The van der Waals surface area contributed by atoms with Gasteiger partial charge in [0.1, 0.15) is 0 Å². The van der Waals surface area contributed by atoms with Crippen molar-refractivity contribution >= 4 is 25.2 Å². The van der Waals surface area contributed by atoms with Crippen molar-refractivity contribution < 1.29 is 14.0 Å². The number of hydrogen-bond donors (Lipinski definition) is 0. The van der Waals surface area contributed by atoms with Gasteiger partial charge < -0.3 is 9.16 Å². The van der Waals surface area contributed by atoms with Gasteiger partial charge >= 0.3 is 0 Å². The van der Waals surface area contributed by atoms with E-state index in [-0.39, 0.29) is 23.4 Å². The van der Waals surface area contributed by atoms with Gasteiger partial charge in [0, 0.05) is 12.0 Å². The molecule has 0 saturated heterocycles. The third-order valence-corrected chi connectivity index (χ3v) is 13.0. The van der Waals surface area contributed by atoms with E-state index in [2.05, 4.69) is 55.4 Å². The molecule has 29 heavy (non-hydrogen) atoms. The lowest BCUT2D eigenvalue weighted by Crippen LogP contribution is -2.52. The highest BCUT2D eigenvalue weighted by atomic mass is 35.5. The van der Waals surface area contributed by atoms with E-state index < -0.39 is 14.2 Å². The molecule has 0 aliphatic carbocycles. The Kier molecular flexibility index (Phi) is 10.6. The molecule has 0 amide bonds. The van der Waals surface area contributed by atoms with Crippen molar-refractivity contribution in [3.8, 4) is 0 Å². The van der Waals surface area contributed by atoms with Crippen molar-refractivity contribution in [3.63, 3.8) is 0 Å².